The fraction of sp³-hybridized carbons (Fsp3) is 0.0612. The van der Waals surface area contributed by atoms with E-state index < -0.39 is 0 Å². The Morgan fingerprint density at radius 2 is 0.719 bits per heavy atom. The van der Waals surface area contributed by atoms with Gasteiger partial charge in [0, 0.05) is 63.6 Å². The lowest BCUT2D eigenvalue weighted by Crippen LogP contribution is -2.14. The zero-order valence-corrected chi connectivity index (χ0v) is 32.6. The molecule has 11 rings (SSSR count). The normalized spacial score (nSPS) is 12.9. The first-order chi connectivity index (χ1) is 27.9. The number of thiazole rings is 2. The van der Waals surface area contributed by atoms with Crippen molar-refractivity contribution in [2.45, 2.75) is 19.3 Å². The maximum absolute atomic E-state index is 5.28. The molecule has 0 spiro atoms. The van der Waals surface area contributed by atoms with Crippen LogP contribution in [0.3, 0.4) is 0 Å². The second kappa shape index (κ2) is 13.2. The van der Waals surface area contributed by atoms with E-state index in [9.17, 15) is 0 Å². The Bertz CT molecular complexity index is 2810. The van der Waals surface area contributed by atoms with Crippen molar-refractivity contribution in [3.63, 3.8) is 0 Å². The molecule has 0 radical (unpaired) electrons. The first kappa shape index (κ1) is 33.6. The molecule has 0 fully saturated rings. The van der Waals surface area contributed by atoms with Gasteiger partial charge in [-0.25, -0.2) is 9.97 Å². The molecule has 6 aromatic heterocycles. The van der Waals surface area contributed by atoms with Gasteiger partial charge in [0.1, 0.15) is 10.0 Å². The van der Waals surface area contributed by atoms with Crippen LogP contribution in [0.5, 0.6) is 0 Å². The van der Waals surface area contributed by atoms with E-state index in [-0.39, 0.29) is 5.41 Å². The lowest BCUT2D eigenvalue weighted by molar-refractivity contribution is 0.662. The summed E-state index contributed by atoms with van der Waals surface area (Å²) in [5.74, 6) is 0. The minimum atomic E-state index is -0.197. The van der Waals surface area contributed by atoms with Gasteiger partial charge in [-0.05, 0) is 131 Å². The summed E-state index contributed by atoms with van der Waals surface area (Å²) in [5, 5.41) is 1.94. The zero-order chi connectivity index (χ0) is 38.1. The van der Waals surface area contributed by atoms with Crippen molar-refractivity contribution in [2.24, 2.45) is 0 Å². The predicted octanol–water partition coefficient (Wildman–Crippen LogP) is 12.8. The van der Waals surface area contributed by atoms with Crippen molar-refractivity contribution in [3.05, 3.63) is 169 Å². The monoisotopic (exact) mass is 768 g/mol. The molecule has 10 aromatic rings. The van der Waals surface area contributed by atoms with Gasteiger partial charge in [-0.3, -0.25) is 19.9 Å². The quantitative estimate of drug-likeness (QED) is 0.168. The van der Waals surface area contributed by atoms with Gasteiger partial charge in [0.05, 0.1) is 43.2 Å². The van der Waals surface area contributed by atoms with Gasteiger partial charge < -0.3 is 0 Å². The van der Waals surface area contributed by atoms with Crippen LogP contribution in [-0.2, 0) is 5.41 Å². The number of nitrogens with zero attached hydrogens (tertiary/aromatic N) is 6. The van der Waals surface area contributed by atoms with Crippen LogP contribution in [-0.4, -0.2) is 29.9 Å². The molecule has 4 aromatic carbocycles. The maximum atomic E-state index is 5.28. The summed E-state index contributed by atoms with van der Waals surface area (Å²) in [7, 11) is 0. The SMILES string of the molecule is CC1(C)c2cc3sc(-c4cc(-c5ccccn5)cc(-c5ccccn5)c4)nc3cc2-c2cc3nc(-c4cc(-c5ccccn5)cc(-c5ccccn5)c4)sc3cc21. The van der Waals surface area contributed by atoms with E-state index in [2.05, 4.69) is 94.4 Å². The third-order valence-electron chi connectivity index (χ3n) is 10.9. The van der Waals surface area contributed by atoms with Crippen LogP contribution in [0, 0.1) is 0 Å². The highest BCUT2D eigenvalue weighted by Crippen LogP contribution is 2.52. The van der Waals surface area contributed by atoms with Crippen LogP contribution in [0.4, 0.5) is 0 Å². The van der Waals surface area contributed by atoms with Gasteiger partial charge in [0.25, 0.3) is 0 Å². The Morgan fingerprint density at radius 1 is 0.386 bits per heavy atom. The van der Waals surface area contributed by atoms with Crippen LogP contribution in [0.2, 0.25) is 0 Å². The summed E-state index contributed by atoms with van der Waals surface area (Å²) in [6, 6.07) is 46.5. The molecule has 1 aliphatic rings. The van der Waals surface area contributed by atoms with E-state index in [0.717, 1.165) is 77.2 Å². The molecule has 0 aliphatic heterocycles. The maximum Gasteiger partial charge on any atom is 0.124 e. The lowest BCUT2D eigenvalue weighted by Gasteiger charge is -2.21. The van der Waals surface area contributed by atoms with E-state index in [1.54, 1.807) is 22.7 Å². The number of hydrogen-bond acceptors (Lipinski definition) is 8. The van der Waals surface area contributed by atoms with Crippen molar-refractivity contribution >= 4 is 43.1 Å². The largest absolute Gasteiger partial charge is 0.256 e. The van der Waals surface area contributed by atoms with Gasteiger partial charge >= 0.3 is 0 Å². The molecule has 8 heteroatoms. The first-order valence-electron chi connectivity index (χ1n) is 18.8. The Labute approximate surface area is 337 Å². The summed E-state index contributed by atoms with van der Waals surface area (Å²) in [6.45, 7) is 4.67. The molecule has 0 atom stereocenters. The first-order valence-corrected chi connectivity index (χ1v) is 20.4. The summed E-state index contributed by atoms with van der Waals surface area (Å²) < 4.78 is 2.34. The second-order valence-electron chi connectivity index (χ2n) is 14.9. The van der Waals surface area contributed by atoms with Gasteiger partial charge in [0.15, 0.2) is 0 Å². The summed E-state index contributed by atoms with van der Waals surface area (Å²) in [5.41, 5.74) is 16.8. The van der Waals surface area contributed by atoms with Crippen molar-refractivity contribution in [1.82, 2.24) is 29.9 Å². The molecular formula is C49H32N6S2. The topological polar surface area (TPSA) is 77.3 Å². The molecular weight excluding hydrogens is 737 g/mol. The molecule has 270 valence electrons. The van der Waals surface area contributed by atoms with Crippen LogP contribution in [0.15, 0.2) is 158 Å². The van der Waals surface area contributed by atoms with Crippen molar-refractivity contribution in [1.29, 1.82) is 0 Å². The second-order valence-corrected chi connectivity index (χ2v) is 16.9. The van der Waals surface area contributed by atoms with Crippen LogP contribution in [0.1, 0.15) is 25.0 Å². The van der Waals surface area contributed by atoms with E-state index in [0.29, 0.717) is 0 Å². The minimum Gasteiger partial charge on any atom is -0.256 e. The number of benzene rings is 4. The smallest absolute Gasteiger partial charge is 0.124 e. The zero-order valence-electron chi connectivity index (χ0n) is 31.0. The Morgan fingerprint density at radius 3 is 1.04 bits per heavy atom. The molecule has 1 aliphatic carbocycles. The number of fused-ring (bicyclic) bond motifs is 5. The van der Waals surface area contributed by atoms with Gasteiger partial charge in [-0.2, -0.15) is 0 Å². The Balaban J connectivity index is 1.01. The summed E-state index contributed by atoms with van der Waals surface area (Å²) >= 11 is 3.47. The molecule has 0 amide bonds. The third kappa shape index (κ3) is 5.84. The van der Waals surface area contributed by atoms with E-state index >= 15 is 0 Å². The molecule has 6 nitrogen and oxygen atoms in total. The highest BCUT2D eigenvalue weighted by molar-refractivity contribution is 7.22. The van der Waals surface area contributed by atoms with Crippen molar-refractivity contribution in [3.8, 4) is 77.3 Å². The molecule has 0 saturated carbocycles. The number of aromatic nitrogens is 6. The van der Waals surface area contributed by atoms with Gasteiger partial charge in [0.2, 0.25) is 0 Å². The Hall–Kier alpha value is -6.74. The third-order valence-corrected chi connectivity index (χ3v) is 13.0. The Kier molecular flexibility index (Phi) is 7.77. The van der Waals surface area contributed by atoms with Crippen molar-refractivity contribution < 1.29 is 0 Å². The van der Waals surface area contributed by atoms with E-state index in [1.807, 2.05) is 97.6 Å². The van der Waals surface area contributed by atoms with Crippen LogP contribution in [0.25, 0.3) is 97.7 Å². The summed E-state index contributed by atoms with van der Waals surface area (Å²) in [4.78, 5) is 29.2. The summed E-state index contributed by atoms with van der Waals surface area (Å²) in [6.07, 6.45) is 7.34. The highest BCUT2D eigenvalue weighted by Gasteiger charge is 2.37. The van der Waals surface area contributed by atoms with Crippen LogP contribution < -0.4 is 0 Å². The molecule has 0 saturated heterocycles. The van der Waals surface area contributed by atoms with E-state index in [1.165, 1.54) is 31.7 Å². The van der Waals surface area contributed by atoms with Crippen LogP contribution >= 0.6 is 22.7 Å². The number of hydrogen-bond donors (Lipinski definition) is 0. The molecule has 57 heavy (non-hydrogen) atoms. The molecule has 0 N–H and O–H groups in total. The lowest BCUT2D eigenvalue weighted by atomic mass is 9.82. The van der Waals surface area contributed by atoms with E-state index in [4.69, 9.17) is 9.97 Å². The average molecular weight is 769 g/mol. The highest BCUT2D eigenvalue weighted by atomic mass is 32.1. The number of rotatable bonds is 6. The van der Waals surface area contributed by atoms with Gasteiger partial charge in [-0.15, -0.1) is 22.7 Å². The molecule has 6 heterocycles. The number of pyridine rings is 4. The fourth-order valence-corrected chi connectivity index (χ4v) is 10.00. The standard InChI is InChI=1S/C49H32N6S2/c1-49(2)37-27-45-43(54-47(56-45)33-21-29(39-11-3-7-15-50-39)19-30(22-33)40-12-4-8-16-51-40)25-35(37)36-26-44-46(28-38(36)49)57-48(55-44)34-23-31(41-13-5-9-17-52-41)20-32(24-34)42-14-6-10-18-53-42/h3-28H,1-2H3. The minimum absolute atomic E-state index is 0.197. The predicted molar refractivity (Wildman–Crippen MR) is 234 cm³/mol. The average Bonchev–Trinajstić information content (AvgIpc) is 3.95. The van der Waals surface area contributed by atoms with Gasteiger partial charge in [-0.1, -0.05) is 38.1 Å². The van der Waals surface area contributed by atoms with Crippen molar-refractivity contribution in [2.75, 3.05) is 0 Å². The molecule has 0 bridgehead atoms. The fourth-order valence-electron chi connectivity index (χ4n) is 8.05. The molecule has 0 unspecified atom stereocenters.